The third kappa shape index (κ3) is 4.26. The fourth-order valence-electron chi connectivity index (χ4n) is 2.58. The summed E-state index contributed by atoms with van der Waals surface area (Å²) in [7, 11) is 0. The number of aromatic nitrogens is 2. The van der Waals surface area contributed by atoms with E-state index in [4.69, 9.17) is 0 Å². The minimum Gasteiger partial charge on any atom is -0.340 e. The minimum atomic E-state index is -0.151. The number of anilines is 3. The van der Waals surface area contributed by atoms with Crippen LogP contribution >= 0.6 is 15.9 Å². The molecule has 0 fully saturated rings. The third-order valence-electron chi connectivity index (χ3n) is 3.93. The third-order valence-corrected chi connectivity index (χ3v) is 4.63. The molecule has 0 saturated carbocycles. The maximum atomic E-state index is 12.6. The van der Waals surface area contributed by atoms with Gasteiger partial charge >= 0.3 is 0 Å². The van der Waals surface area contributed by atoms with Crippen molar-refractivity contribution in [3.63, 3.8) is 0 Å². The number of rotatable bonds is 5. The van der Waals surface area contributed by atoms with Gasteiger partial charge in [-0.05, 0) is 59.1 Å². The number of aryl methyl sites for hydroxylation is 2. The lowest BCUT2D eigenvalue weighted by Crippen LogP contribution is -2.14. The number of benzene rings is 2. The molecule has 1 heterocycles. The van der Waals surface area contributed by atoms with E-state index in [1.54, 1.807) is 6.07 Å². The van der Waals surface area contributed by atoms with Crippen LogP contribution < -0.4 is 10.6 Å². The molecule has 0 aliphatic rings. The zero-order valence-electron chi connectivity index (χ0n) is 14.6. The Morgan fingerprint density at radius 2 is 1.92 bits per heavy atom. The summed E-state index contributed by atoms with van der Waals surface area (Å²) in [6.45, 7) is 3.97. The summed E-state index contributed by atoms with van der Waals surface area (Å²) in [5.74, 6) is 0.562. The molecule has 3 aromatic rings. The first-order chi connectivity index (χ1) is 12.6. The standard InChI is InChI=1S/C20H19BrN4O/c1-3-14-8-9-15(24-19-10-13(2)22-12-23-19)11-18(14)25-20(26)16-6-4-5-7-17(16)21/h4-12H,3H2,1-2H3,(H,25,26)(H,22,23,24). The van der Waals surface area contributed by atoms with E-state index in [2.05, 4.69) is 43.5 Å². The molecule has 0 aliphatic heterocycles. The molecule has 0 unspecified atom stereocenters. The van der Waals surface area contributed by atoms with Crippen LogP contribution in [0.3, 0.4) is 0 Å². The molecule has 1 amide bonds. The number of hydrogen-bond donors (Lipinski definition) is 2. The maximum Gasteiger partial charge on any atom is 0.256 e. The van der Waals surface area contributed by atoms with Crippen LogP contribution in [0.2, 0.25) is 0 Å². The molecule has 3 rings (SSSR count). The first-order valence-corrected chi connectivity index (χ1v) is 9.10. The van der Waals surface area contributed by atoms with Crippen molar-refractivity contribution in [2.24, 2.45) is 0 Å². The second kappa shape index (κ2) is 8.10. The highest BCUT2D eigenvalue weighted by atomic mass is 79.9. The SMILES string of the molecule is CCc1ccc(Nc2cc(C)ncn2)cc1NC(=O)c1ccccc1Br. The van der Waals surface area contributed by atoms with E-state index in [1.807, 2.05) is 49.4 Å². The van der Waals surface area contributed by atoms with Crippen molar-refractivity contribution in [3.8, 4) is 0 Å². The topological polar surface area (TPSA) is 66.9 Å². The second-order valence-electron chi connectivity index (χ2n) is 5.83. The van der Waals surface area contributed by atoms with Crippen molar-refractivity contribution < 1.29 is 4.79 Å². The Labute approximate surface area is 161 Å². The van der Waals surface area contributed by atoms with Crippen LogP contribution in [0.1, 0.15) is 28.5 Å². The second-order valence-corrected chi connectivity index (χ2v) is 6.68. The Bertz CT molecular complexity index is 943. The fourth-order valence-corrected chi connectivity index (χ4v) is 3.05. The number of nitrogens with one attached hydrogen (secondary N) is 2. The molecular formula is C20H19BrN4O. The monoisotopic (exact) mass is 410 g/mol. The molecule has 1 aromatic heterocycles. The van der Waals surface area contributed by atoms with Crippen LogP contribution in [0.5, 0.6) is 0 Å². The summed E-state index contributed by atoms with van der Waals surface area (Å²) in [4.78, 5) is 20.9. The predicted molar refractivity (Wildman–Crippen MR) is 108 cm³/mol. The number of nitrogens with zero attached hydrogens (tertiary/aromatic N) is 2. The average molecular weight is 411 g/mol. The maximum absolute atomic E-state index is 12.6. The van der Waals surface area contributed by atoms with Crippen molar-refractivity contribution >= 4 is 39.0 Å². The van der Waals surface area contributed by atoms with Crippen LogP contribution in [-0.2, 0) is 6.42 Å². The Hall–Kier alpha value is -2.73. The van der Waals surface area contributed by atoms with Gasteiger partial charge in [0.2, 0.25) is 0 Å². The average Bonchev–Trinajstić information content (AvgIpc) is 2.62. The lowest BCUT2D eigenvalue weighted by Gasteiger charge is -2.14. The summed E-state index contributed by atoms with van der Waals surface area (Å²) < 4.78 is 0.765. The van der Waals surface area contributed by atoms with E-state index >= 15 is 0 Å². The molecule has 0 spiro atoms. The number of carbonyl (C=O) groups is 1. The minimum absolute atomic E-state index is 0.151. The zero-order chi connectivity index (χ0) is 18.5. The normalized spacial score (nSPS) is 10.4. The number of halogens is 1. The predicted octanol–water partition coefficient (Wildman–Crippen LogP) is 5.11. The van der Waals surface area contributed by atoms with Gasteiger partial charge in [0.25, 0.3) is 5.91 Å². The van der Waals surface area contributed by atoms with Gasteiger partial charge in [0, 0.05) is 27.6 Å². The molecule has 0 saturated heterocycles. The van der Waals surface area contributed by atoms with Gasteiger partial charge in [0.05, 0.1) is 5.56 Å². The molecule has 2 aromatic carbocycles. The van der Waals surface area contributed by atoms with Crippen molar-refractivity contribution in [1.82, 2.24) is 9.97 Å². The van der Waals surface area contributed by atoms with Crippen LogP contribution in [0.25, 0.3) is 0 Å². The van der Waals surface area contributed by atoms with Gasteiger partial charge < -0.3 is 10.6 Å². The van der Waals surface area contributed by atoms with Gasteiger partial charge in [-0.25, -0.2) is 9.97 Å². The Balaban J connectivity index is 1.86. The quantitative estimate of drug-likeness (QED) is 0.613. The molecule has 5 nitrogen and oxygen atoms in total. The van der Waals surface area contributed by atoms with E-state index in [0.717, 1.165) is 33.5 Å². The van der Waals surface area contributed by atoms with E-state index in [1.165, 1.54) is 6.33 Å². The summed E-state index contributed by atoms with van der Waals surface area (Å²) in [6.07, 6.45) is 2.34. The lowest BCUT2D eigenvalue weighted by molar-refractivity contribution is 0.102. The van der Waals surface area contributed by atoms with E-state index in [9.17, 15) is 4.79 Å². The molecule has 0 bridgehead atoms. The van der Waals surface area contributed by atoms with E-state index in [-0.39, 0.29) is 5.91 Å². The zero-order valence-corrected chi connectivity index (χ0v) is 16.2. The molecule has 6 heteroatoms. The lowest BCUT2D eigenvalue weighted by atomic mass is 10.1. The van der Waals surface area contributed by atoms with Crippen LogP contribution in [0.4, 0.5) is 17.2 Å². The molecule has 0 radical (unpaired) electrons. The highest BCUT2D eigenvalue weighted by Gasteiger charge is 2.12. The van der Waals surface area contributed by atoms with Crippen LogP contribution in [0, 0.1) is 6.92 Å². The van der Waals surface area contributed by atoms with E-state index in [0.29, 0.717) is 11.4 Å². The summed E-state index contributed by atoms with van der Waals surface area (Å²) in [6, 6.07) is 15.1. The molecule has 26 heavy (non-hydrogen) atoms. The fraction of sp³-hybridized carbons (Fsp3) is 0.150. The molecular weight excluding hydrogens is 392 g/mol. The molecule has 2 N–H and O–H groups in total. The highest BCUT2D eigenvalue weighted by Crippen LogP contribution is 2.25. The summed E-state index contributed by atoms with van der Waals surface area (Å²) >= 11 is 3.42. The first-order valence-electron chi connectivity index (χ1n) is 8.31. The summed E-state index contributed by atoms with van der Waals surface area (Å²) in [5, 5.41) is 6.26. The van der Waals surface area contributed by atoms with Gasteiger partial charge in [-0.1, -0.05) is 25.1 Å². The highest BCUT2D eigenvalue weighted by molar-refractivity contribution is 9.10. The molecule has 132 valence electrons. The Morgan fingerprint density at radius 3 is 2.65 bits per heavy atom. The van der Waals surface area contributed by atoms with Crippen molar-refractivity contribution in [1.29, 1.82) is 0 Å². The number of carbonyl (C=O) groups excluding carboxylic acids is 1. The van der Waals surface area contributed by atoms with Gasteiger partial charge in [-0.15, -0.1) is 0 Å². The first kappa shape index (κ1) is 18.1. The Morgan fingerprint density at radius 1 is 1.12 bits per heavy atom. The largest absolute Gasteiger partial charge is 0.340 e. The smallest absolute Gasteiger partial charge is 0.256 e. The number of hydrogen-bond acceptors (Lipinski definition) is 4. The van der Waals surface area contributed by atoms with Gasteiger partial charge in [-0.3, -0.25) is 4.79 Å². The number of amides is 1. The van der Waals surface area contributed by atoms with Crippen LogP contribution in [-0.4, -0.2) is 15.9 Å². The van der Waals surface area contributed by atoms with Crippen molar-refractivity contribution in [2.45, 2.75) is 20.3 Å². The summed E-state index contributed by atoms with van der Waals surface area (Å²) in [5.41, 5.74) is 4.18. The van der Waals surface area contributed by atoms with E-state index < -0.39 is 0 Å². The van der Waals surface area contributed by atoms with Gasteiger partial charge in [0.1, 0.15) is 12.1 Å². The molecule has 0 aliphatic carbocycles. The molecule has 0 atom stereocenters. The van der Waals surface area contributed by atoms with Crippen molar-refractivity contribution in [3.05, 3.63) is 76.2 Å². The Kier molecular flexibility index (Phi) is 5.63. The van der Waals surface area contributed by atoms with Gasteiger partial charge in [0.15, 0.2) is 0 Å². The van der Waals surface area contributed by atoms with Crippen LogP contribution in [0.15, 0.2) is 59.3 Å². The van der Waals surface area contributed by atoms with Crippen molar-refractivity contribution in [2.75, 3.05) is 10.6 Å². The van der Waals surface area contributed by atoms with Gasteiger partial charge in [-0.2, -0.15) is 0 Å².